The third-order valence-corrected chi connectivity index (χ3v) is 2.38. The Balaban J connectivity index is 2.59. The maximum absolute atomic E-state index is 12.0. The lowest BCUT2D eigenvalue weighted by Gasteiger charge is -2.09. The van der Waals surface area contributed by atoms with Crippen LogP contribution in [0.15, 0.2) is 27.4 Å². The summed E-state index contributed by atoms with van der Waals surface area (Å²) in [5.74, 6) is -0.253. The van der Waals surface area contributed by atoms with Gasteiger partial charge in [-0.25, -0.2) is 4.79 Å². The molecule has 2 rings (SSSR count). The number of nitrogens with zero attached hydrogens (tertiary/aromatic N) is 1. The summed E-state index contributed by atoms with van der Waals surface area (Å²) in [6.07, 6.45) is 0. The van der Waals surface area contributed by atoms with Crippen molar-refractivity contribution in [2.75, 3.05) is 10.6 Å². The highest BCUT2D eigenvalue weighted by molar-refractivity contribution is 5.99. The van der Waals surface area contributed by atoms with E-state index in [1.165, 1.54) is 6.92 Å². The van der Waals surface area contributed by atoms with Gasteiger partial charge >= 0.3 is 5.63 Å². The van der Waals surface area contributed by atoms with Crippen LogP contribution in [-0.4, -0.2) is 16.9 Å². The molecule has 0 aliphatic heterocycles. The zero-order chi connectivity index (χ0) is 14.0. The van der Waals surface area contributed by atoms with Crippen LogP contribution in [0.2, 0.25) is 0 Å². The van der Waals surface area contributed by atoms with Crippen molar-refractivity contribution in [1.82, 2.24) is 4.98 Å². The van der Waals surface area contributed by atoms with Gasteiger partial charge in [0.25, 0.3) is 6.01 Å². The number of carbonyl (C=O) groups is 1. The topological polar surface area (TPSA) is 84.2 Å². The molecule has 2 N–H and O–H groups in total. The summed E-state index contributed by atoms with van der Waals surface area (Å²) in [7, 11) is 0. The van der Waals surface area contributed by atoms with Crippen LogP contribution in [0.3, 0.4) is 0 Å². The van der Waals surface area contributed by atoms with Crippen LogP contribution < -0.4 is 16.3 Å². The summed E-state index contributed by atoms with van der Waals surface area (Å²) >= 11 is 0. The van der Waals surface area contributed by atoms with E-state index in [4.69, 9.17) is 4.42 Å². The fraction of sp³-hybridized carbons (Fsp3) is 0.308. The first-order valence-corrected chi connectivity index (χ1v) is 5.95. The predicted molar refractivity (Wildman–Crippen MR) is 73.3 cm³/mol. The van der Waals surface area contributed by atoms with Gasteiger partial charge in [-0.3, -0.25) is 4.79 Å². The molecular formula is C13H15N3O3. The summed E-state index contributed by atoms with van der Waals surface area (Å²) in [6, 6.07) is 5.33. The molecule has 2 aromatic rings. The standard InChI is InChI=1S/C13H15N3O3/c1-7(2)14-13-16-10-6-4-5-9(15-8(3)17)11(10)12(18)19-13/h4-7H,1-3H3,(H,14,16)(H,15,17). The Labute approximate surface area is 109 Å². The van der Waals surface area contributed by atoms with Crippen LogP contribution in [-0.2, 0) is 4.79 Å². The number of amides is 1. The zero-order valence-corrected chi connectivity index (χ0v) is 11.0. The minimum atomic E-state index is -0.530. The number of hydrogen-bond acceptors (Lipinski definition) is 5. The lowest BCUT2D eigenvalue weighted by atomic mass is 10.2. The van der Waals surface area contributed by atoms with Gasteiger partial charge in [-0.05, 0) is 26.0 Å². The molecule has 0 aliphatic carbocycles. The fourth-order valence-corrected chi connectivity index (χ4v) is 1.72. The number of carbonyl (C=O) groups excluding carboxylic acids is 1. The number of nitrogens with one attached hydrogen (secondary N) is 2. The molecule has 0 aliphatic rings. The second-order valence-corrected chi connectivity index (χ2v) is 4.49. The second kappa shape index (κ2) is 5.09. The van der Waals surface area contributed by atoms with Crippen LogP contribution in [0.4, 0.5) is 11.7 Å². The quantitative estimate of drug-likeness (QED) is 0.882. The van der Waals surface area contributed by atoms with Crippen molar-refractivity contribution in [3.8, 4) is 0 Å². The molecule has 0 spiro atoms. The summed E-state index contributed by atoms with van der Waals surface area (Å²) in [5, 5.41) is 5.79. The molecule has 100 valence electrons. The highest BCUT2D eigenvalue weighted by atomic mass is 16.4. The lowest BCUT2D eigenvalue weighted by molar-refractivity contribution is -0.114. The maximum Gasteiger partial charge on any atom is 0.350 e. The highest BCUT2D eigenvalue weighted by Gasteiger charge is 2.11. The predicted octanol–water partition coefficient (Wildman–Crippen LogP) is 1.97. The van der Waals surface area contributed by atoms with E-state index in [2.05, 4.69) is 15.6 Å². The van der Waals surface area contributed by atoms with E-state index >= 15 is 0 Å². The number of fused-ring (bicyclic) bond motifs is 1. The molecule has 1 amide bonds. The van der Waals surface area contributed by atoms with Crippen LogP contribution in [0.5, 0.6) is 0 Å². The molecule has 0 unspecified atom stereocenters. The van der Waals surface area contributed by atoms with Crippen LogP contribution >= 0.6 is 0 Å². The van der Waals surface area contributed by atoms with Gasteiger partial charge in [0.2, 0.25) is 5.91 Å². The Morgan fingerprint density at radius 1 is 1.37 bits per heavy atom. The monoisotopic (exact) mass is 261 g/mol. The van der Waals surface area contributed by atoms with Crippen LogP contribution in [0, 0.1) is 0 Å². The minimum Gasteiger partial charge on any atom is -0.389 e. The molecule has 1 aromatic heterocycles. The zero-order valence-electron chi connectivity index (χ0n) is 11.0. The normalized spacial score (nSPS) is 10.7. The van der Waals surface area contributed by atoms with Crippen molar-refractivity contribution in [2.24, 2.45) is 0 Å². The molecule has 0 bridgehead atoms. The Morgan fingerprint density at radius 3 is 2.74 bits per heavy atom. The van der Waals surface area contributed by atoms with Crippen molar-refractivity contribution in [3.63, 3.8) is 0 Å². The molecule has 0 radical (unpaired) electrons. The van der Waals surface area contributed by atoms with Crippen molar-refractivity contribution in [2.45, 2.75) is 26.8 Å². The van der Waals surface area contributed by atoms with E-state index in [-0.39, 0.29) is 23.3 Å². The SMILES string of the molecule is CC(=O)Nc1cccc2nc(NC(C)C)oc(=O)c12. The smallest absolute Gasteiger partial charge is 0.350 e. The molecule has 0 saturated heterocycles. The first-order chi connectivity index (χ1) is 8.97. The highest BCUT2D eigenvalue weighted by Crippen LogP contribution is 2.20. The first kappa shape index (κ1) is 13.1. The molecule has 0 saturated carbocycles. The van der Waals surface area contributed by atoms with E-state index in [0.717, 1.165) is 0 Å². The van der Waals surface area contributed by atoms with E-state index in [1.807, 2.05) is 13.8 Å². The number of anilines is 2. The summed E-state index contributed by atoms with van der Waals surface area (Å²) in [6.45, 7) is 5.21. The molecular weight excluding hydrogens is 246 g/mol. The van der Waals surface area contributed by atoms with Crippen LogP contribution in [0.1, 0.15) is 20.8 Å². The van der Waals surface area contributed by atoms with Gasteiger partial charge < -0.3 is 15.1 Å². The molecule has 19 heavy (non-hydrogen) atoms. The van der Waals surface area contributed by atoms with E-state index in [0.29, 0.717) is 11.2 Å². The van der Waals surface area contributed by atoms with E-state index in [1.54, 1.807) is 18.2 Å². The summed E-state index contributed by atoms with van der Waals surface area (Å²) < 4.78 is 5.09. The Bertz CT molecular complexity index is 676. The van der Waals surface area contributed by atoms with Crippen molar-refractivity contribution >= 4 is 28.5 Å². The Hall–Kier alpha value is -2.37. The molecule has 1 aromatic carbocycles. The van der Waals surface area contributed by atoms with Crippen molar-refractivity contribution in [1.29, 1.82) is 0 Å². The van der Waals surface area contributed by atoms with Crippen molar-refractivity contribution in [3.05, 3.63) is 28.6 Å². The van der Waals surface area contributed by atoms with Gasteiger partial charge in [0, 0.05) is 13.0 Å². The van der Waals surface area contributed by atoms with E-state index < -0.39 is 5.63 Å². The number of hydrogen-bond donors (Lipinski definition) is 2. The van der Waals surface area contributed by atoms with Gasteiger partial charge in [-0.1, -0.05) is 6.07 Å². The van der Waals surface area contributed by atoms with Crippen molar-refractivity contribution < 1.29 is 9.21 Å². The number of benzene rings is 1. The molecule has 6 heteroatoms. The molecule has 0 atom stereocenters. The Kier molecular flexibility index (Phi) is 3.50. The summed E-state index contributed by atoms with van der Waals surface area (Å²) in [5.41, 5.74) is 0.352. The number of rotatable bonds is 3. The third kappa shape index (κ3) is 2.90. The fourth-order valence-electron chi connectivity index (χ4n) is 1.72. The molecule has 6 nitrogen and oxygen atoms in total. The van der Waals surface area contributed by atoms with Gasteiger partial charge in [0.15, 0.2) is 0 Å². The number of aromatic nitrogens is 1. The van der Waals surface area contributed by atoms with Gasteiger partial charge in [0.1, 0.15) is 5.39 Å². The third-order valence-electron chi connectivity index (χ3n) is 2.38. The van der Waals surface area contributed by atoms with E-state index in [9.17, 15) is 9.59 Å². The average molecular weight is 261 g/mol. The first-order valence-electron chi connectivity index (χ1n) is 5.95. The van der Waals surface area contributed by atoms with Gasteiger partial charge in [-0.2, -0.15) is 4.98 Å². The Morgan fingerprint density at radius 2 is 2.11 bits per heavy atom. The largest absolute Gasteiger partial charge is 0.389 e. The lowest BCUT2D eigenvalue weighted by Crippen LogP contribution is -2.15. The van der Waals surface area contributed by atoms with Gasteiger partial charge in [-0.15, -0.1) is 0 Å². The van der Waals surface area contributed by atoms with Crippen LogP contribution in [0.25, 0.3) is 10.9 Å². The molecule has 1 heterocycles. The average Bonchev–Trinajstić information content (AvgIpc) is 2.26. The second-order valence-electron chi connectivity index (χ2n) is 4.49. The minimum absolute atomic E-state index is 0.103. The molecule has 0 fully saturated rings. The summed E-state index contributed by atoms with van der Waals surface area (Å²) in [4.78, 5) is 27.3. The maximum atomic E-state index is 12.0. The van der Waals surface area contributed by atoms with Gasteiger partial charge in [0.05, 0.1) is 11.2 Å².